The maximum absolute atomic E-state index is 8.84. The Kier molecular flexibility index (Phi) is 3.72. The van der Waals surface area contributed by atoms with Gasteiger partial charge in [-0.3, -0.25) is 5.43 Å². The molecule has 88 valence electrons. The molecule has 0 aliphatic carbocycles. The molecule has 0 spiro atoms. The molecule has 2 aromatic carbocycles. The van der Waals surface area contributed by atoms with Crippen molar-refractivity contribution in [3.8, 4) is 6.07 Å². The van der Waals surface area contributed by atoms with E-state index < -0.39 is 0 Å². The fourth-order valence-corrected chi connectivity index (χ4v) is 1.59. The molecule has 0 saturated carbocycles. The third kappa shape index (κ3) is 2.96. The number of benzene rings is 2. The van der Waals surface area contributed by atoms with Gasteiger partial charge in [-0.2, -0.15) is 10.4 Å². The number of hydrazone groups is 1. The van der Waals surface area contributed by atoms with E-state index in [4.69, 9.17) is 5.26 Å². The van der Waals surface area contributed by atoms with Crippen LogP contribution in [0.25, 0.3) is 0 Å². The second-order valence-electron chi connectivity index (χ2n) is 3.92. The molecule has 0 saturated heterocycles. The smallest absolute Gasteiger partial charge is 0.0994 e. The van der Waals surface area contributed by atoms with Crippen molar-refractivity contribution in [1.29, 1.82) is 5.26 Å². The number of rotatable bonds is 3. The zero-order valence-electron chi connectivity index (χ0n) is 10.1. The fourth-order valence-electron chi connectivity index (χ4n) is 1.59. The third-order valence-electron chi connectivity index (χ3n) is 2.55. The molecule has 0 radical (unpaired) electrons. The first kappa shape index (κ1) is 11.9. The summed E-state index contributed by atoms with van der Waals surface area (Å²) in [5.41, 5.74) is 6.51. The van der Waals surface area contributed by atoms with Crippen LogP contribution in [0, 0.1) is 18.3 Å². The molecule has 0 unspecified atom stereocenters. The maximum Gasteiger partial charge on any atom is 0.0994 e. The van der Waals surface area contributed by atoms with Gasteiger partial charge in [0.05, 0.1) is 23.5 Å². The summed E-state index contributed by atoms with van der Waals surface area (Å²) in [6.45, 7) is 1.92. The van der Waals surface area contributed by atoms with Crippen molar-refractivity contribution in [2.75, 3.05) is 5.43 Å². The van der Waals surface area contributed by atoms with E-state index in [9.17, 15) is 0 Å². The molecule has 2 aromatic rings. The summed E-state index contributed by atoms with van der Waals surface area (Å²) in [7, 11) is 0. The van der Waals surface area contributed by atoms with Crippen LogP contribution in [0.1, 0.15) is 16.7 Å². The SMILES string of the molecule is Cc1cc(C=NNc2ccccc2)ccc1C#N. The summed E-state index contributed by atoms with van der Waals surface area (Å²) in [4.78, 5) is 0. The molecule has 3 nitrogen and oxygen atoms in total. The lowest BCUT2D eigenvalue weighted by Gasteiger charge is -2.00. The lowest BCUT2D eigenvalue weighted by Crippen LogP contribution is -1.91. The van der Waals surface area contributed by atoms with Crippen molar-refractivity contribution in [3.63, 3.8) is 0 Å². The minimum Gasteiger partial charge on any atom is -0.279 e. The van der Waals surface area contributed by atoms with Gasteiger partial charge in [-0.15, -0.1) is 0 Å². The van der Waals surface area contributed by atoms with E-state index in [1.807, 2.05) is 49.4 Å². The highest BCUT2D eigenvalue weighted by Gasteiger charge is 1.96. The molecular formula is C15H13N3. The topological polar surface area (TPSA) is 48.2 Å². The second kappa shape index (κ2) is 5.65. The number of nitriles is 1. The van der Waals surface area contributed by atoms with Crippen LogP contribution in [0.4, 0.5) is 5.69 Å². The van der Waals surface area contributed by atoms with E-state index >= 15 is 0 Å². The first-order valence-electron chi connectivity index (χ1n) is 5.64. The van der Waals surface area contributed by atoms with Crippen LogP contribution in [-0.4, -0.2) is 6.21 Å². The first-order valence-corrected chi connectivity index (χ1v) is 5.64. The predicted octanol–water partition coefficient (Wildman–Crippen LogP) is 3.31. The van der Waals surface area contributed by atoms with Gasteiger partial charge in [0.15, 0.2) is 0 Å². The molecule has 0 aromatic heterocycles. The Hall–Kier alpha value is -2.60. The van der Waals surface area contributed by atoms with Crippen molar-refractivity contribution in [3.05, 3.63) is 65.2 Å². The van der Waals surface area contributed by atoms with Gasteiger partial charge >= 0.3 is 0 Å². The molecule has 0 fully saturated rings. The maximum atomic E-state index is 8.84. The Morgan fingerprint density at radius 1 is 1.17 bits per heavy atom. The van der Waals surface area contributed by atoms with E-state index in [1.165, 1.54) is 0 Å². The molecule has 0 bridgehead atoms. The van der Waals surface area contributed by atoms with E-state index in [2.05, 4.69) is 16.6 Å². The number of aryl methyl sites for hydroxylation is 1. The Morgan fingerprint density at radius 2 is 1.94 bits per heavy atom. The molecule has 1 N–H and O–H groups in total. The third-order valence-corrected chi connectivity index (χ3v) is 2.55. The highest BCUT2D eigenvalue weighted by molar-refractivity contribution is 5.80. The number of para-hydroxylation sites is 1. The first-order chi connectivity index (χ1) is 8.79. The molecule has 2 rings (SSSR count). The highest BCUT2D eigenvalue weighted by atomic mass is 15.3. The number of hydrogen-bond acceptors (Lipinski definition) is 3. The van der Waals surface area contributed by atoms with Crippen molar-refractivity contribution >= 4 is 11.9 Å². The van der Waals surface area contributed by atoms with Crippen LogP contribution in [-0.2, 0) is 0 Å². The Balaban J connectivity index is 2.06. The standard InChI is InChI=1S/C15H13N3/c1-12-9-13(7-8-14(12)10-16)11-17-18-15-5-3-2-4-6-15/h2-9,11,18H,1H3. The van der Waals surface area contributed by atoms with E-state index in [0.717, 1.165) is 16.8 Å². The van der Waals surface area contributed by atoms with Gasteiger partial charge in [-0.05, 0) is 42.3 Å². The van der Waals surface area contributed by atoms with Gasteiger partial charge in [-0.1, -0.05) is 24.3 Å². The Morgan fingerprint density at radius 3 is 2.61 bits per heavy atom. The normalized spacial score (nSPS) is 10.2. The monoisotopic (exact) mass is 235 g/mol. The summed E-state index contributed by atoms with van der Waals surface area (Å²) < 4.78 is 0. The molecule has 0 heterocycles. The van der Waals surface area contributed by atoms with Crippen LogP contribution >= 0.6 is 0 Å². The van der Waals surface area contributed by atoms with Crippen molar-refractivity contribution in [1.82, 2.24) is 0 Å². The lowest BCUT2D eigenvalue weighted by molar-refractivity contribution is 1.34. The van der Waals surface area contributed by atoms with Crippen molar-refractivity contribution in [2.45, 2.75) is 6.92 Å². The minimum absolute atomic E-state index is 0.697. The molecule has 3 heteroatoms. The molecule has 0 aliphatic heterocycles. The highest BCUT2D eigenvalue weighted by Crippen LogP contribution is 2.09. The molecule has 0 amide bonds. The van der Waals surface area contributed by atoms with Gasteiger partial charge in [-0.25, -0.2) is 0 Å². The van der Waals surface area contributed by atoms with E-state index in [1.54, 1.807) is 12.3 Å². The summed E-state index contributed by atoms with van der Waals surface area (Å²) in [6.07, 6.45) is 1.74. The van der Waals surface area contributed by atoms with Crippen LogP contribution < -0.4 is 5.43 Å². The number of nitrogens with zero attached hydrogens (tertiary/aromatic N) is 2. The summed E-state index contributed by atoms with van der Waals surface area (Å²) >= 11 is 0. The van der Waals surface area contributed by atoms with E-state index in [0.29, 0.717) is 5.56 Å². The molecule has 0 atom stereocenters. The molecule has 18 heavy (non-hydrogen) atoms. The zero-order chi connectivity index (χ0) is 12.8. The Bertz CT molecular complexity index is 595. The largest absolute Gasteiger partial charge is 0.279 e. The quantitative estimate of drug-likeness (QED) is 0.655. The summed E-state index contributed by atoms with van der Waals surface area (Å²) in [5, 5.41) is 13.0. The number of hydrogen-bond donors (Lipinski definition) is 1. The average molecular weight is 235 g/mol. The van der Waals surface area contributed by atoms with Crippen LogP contribution in [0.3, 0.4) is 0 Å². The van der Waals surface area contributed by atoms with Crippen LogP contribution in [0.15, 0.2) is 53.6 Å². The van der Waals surface area contributed by atoms with Crippen LogP contribution in [0.5, 0.6) is 0 Å². The van der Waals surface area contributed by atoms with Crippen molar-refractivity contribution < 1.29 is 0 Å². The summed E-state index contributed by atoms with van der Waals surface area (Å²) in [6, 6.07) is 17.5. The molecule has 0 aliphatic rings. The van der Waals surface area contributed by atoms with Gasteiger partial charge in [0.2, 0.25) is 0 Å². The van der Waals surface area contributed by atoms with Gasteiger partial charge in [0.25, 0.3) is 0 Å². The van der Waals surface area contributed by atoms with Gasteiger partial charge < -0.3 is 0 Å². The zero-order valence-corrected chi connectivity index (χ0v) is 10.1. The second-order valence-corrected chi connectivity index (χ2v) is 3.92. The average Bonchev–Trinajstić information content (AvgIpc) is 2.40. The number of anilines is 1. The lowest BCUT2D eigenvalue weighted by atomic mass is 10.1. The molecular weight excluding hydrogens is 222 g/mol. The van der Waals surface area contributed by atoms with Gasteiger partial charge in [0, 0.05) is 0 Å². The predicted molar refractivity (Wildman–Crippen MR) is 73.6 cm³/mol. The minimum atomic E-state index is 0.697. The number of nitrogens with one attached hydrogen (secondary N) is 1. The summed E-state index contributed by atoms with van der Waals surface area (Å²) in [5.74, 6) is 0. The van der Waals surface area contributed by atoms with Gasteiger partial charge in [0.1, 0.15) is 0 Å². The van der Waals surface area contributed by atoms with E-state index in [-0.39, 0.29) is 0 Å². The van der Waals surface area contributed by atoms with Crippen LogP contribution in [0.2, 0.25) is 0 Å². The van der Waals surface area contributed by atoms with Crippen molar-refractivity contribution in [2.24, 2.45) is 5.10 Å². The fraction of sp³-hybridized carbons (Fsp3) is 0.0667. The Labute approximate surface area is 106 Å².